The van der Waals surface area contributed by atoms with Crippen molar-refractivity contribution in [1.82, 2.24) is 19.7 Å². The number of likely N-dealkylation sites (tertiary alicyclic amines) is 1. The van der Waals surface area contributed by atoms with Gasteiger partial charge in [0.05, 0.1) is 12.1 Å². The highest BCUT2D eigenvalue weighted by Gasteiger charge is 2.23. The monoisotopic (exact) mass is 339 g/mol. The molecule has 2 aromatic rings. The van der Waals surface area contributed by atoms with Crippen LogP contribution in [0.2, 0.25) is 0 Å². The predicted octanol–water partition coefficient (Wildman–Crippen LogP) is 2.70. The van der Waals surface area contributed by atoms with E-state index in [1.807, 2.05) is 36.7 Å². The zero-order valence-corrected chi connectivity index (χ0v) is 15.0. The summed E-state index contributed by atoms with van der Waals surface area (Å²) in [6.45, 7) is 7.35. The molecule has 1 atom stereocenters. The Morgan fingerprint density at radius 2 is 2.12 bits per heavy atom. The van der Waals surface area contributed by atoms with Crippen LogP contribution in [-0.4, -0.2) is 45.4 Å². The summed E-state index contributed by atoms with van der Waals surface area (Å²) >= 11 is 0. The van der Waals surface area contributed by atoms with Crippen LogP contribution >= 0.6 is 0 Å². The summed E-state index contributed by atoms with van der Waals surface area (Å²) in [6.07, 6.45) is 3.65. The number of ether oxygens (including phenoxy) is 1. The molecule has 0 bridgehead atoms. The summed E-state index contributed by atoms with van der Waals surface area (Å²) in [5.74, 6) is 2.47. The van der Waals surface area contributed by atoms with Gasteiger partial charge in [-0.1, -0.05) is 18.6 Å². The van der Waals surface area contributed by atoms with Gasteiger partial charge >= 0.3 is 0 Å². The summed E-state index contributed by atoms with van der Waals surface area (Å²) in [7, 11) is 0. The number of rotatable bonds is 6. The van der Waals surface area contributed by atoms with Crippen LogP contribution in [0.4, 0.5) is 0 Å². The first-order valence-corrected chi connectivity index (χ1v) is 8.91. The normalized spacial score (nSPS) is 18.0. The van der Waals surface area contributed by atoms with Crippen LogP contribution in [0.25, 0.3) is 0 Å². The minimum Gasteiger partial charge on any atom is -0.491 e. The molecule has 1 unspecified atom stereocenters. The summed E-state index contributed by atoms with van der Waals surface area (Å²) in [5.41, 5.74) is 0.589. The molecule has 2 heterocycles. The molecule has 25 heavy (non-hydrogen) atoms. The van der Waals surface area contributed by atoms with E-state index in [0.717, 1.165) is 31.3 Å². The summed E-state index contributed by atoms with van der Waals surface area (Å²) in [6, 6.07) is 10.0. The number of aryl methyl sites for hydroxylation is 2. The number of hydrogen-bond acceptors (Lipinski definition) is 5. The van der Waals surface area contributed by atoms with Crippen molar-refractivity contribution in [3.8, 4) is 11.8 Å². The Kier molecular flexibility index (Phi) is 5.67. The number of nitriles is 1. The quantitative estimate of drug-likeness (QED) is 0.809. The number of piperidine rings is 1. The van der Waals surface area contributed by atoms with Crippen molar-refractivity contribution in [3.05, 3.63) is 41.5 Å². The van der Waals surface area contributed by atoms with E-state index < -0.39 is 0 Å². The predicted molar refractivity (Wildman–Crippen MR) is 95.4 cm³/mol. The third-order valence-corrected chi connectivity index (χ3v) is 4.74. The van der Waals surface area contributed by atoms with Crippen LogP contribution in [0.5, 0.6) is 5.75 Å². The van der Waals surface area contributed by atoms with Crippen molar-refractivity contribution in [2.45, 2.75) is 45.7 Å². The number of nitrogens with zero attached hydrogens (tertiary/aromatic N) is 5. The van der Waals surface area contributed by atoms with Gasteiger partial charge in [0.15, 0.2) is 0 Å². The third-order valence-electron chi connectivity index (χ3n) is 4.74. The molecule has 0 saturated carbocycles. The molecule has 6 heteroatoms. The molecule has 3 rings (SSSR count). The van der Waals surface area contributed by atoms with E-state index in [1.54, 1.807) is 6.07 Å². The molecule has 1 saturated heterocycles. The number of hydrogen-bond donors (Lipinski definition) is 0. The van der Waals surface area contributed by atoms with Crippen molar-refractivity contribution in [2.24, 2.45) is 0 Å². The molecule has 1 aliphatic rings. The van der Waals surface area contributed by atoms with Gasteiger partial charge in [0.2, 0.25) is 0 Å². The van der Waals surface area contributed by atoms with Crippen molar-refractivity contribution >= 4 is 0 Å². The Balaban J connectivity index is 1.58. The highest BCUT2D eigenvalue weighted by atomic mass is 16.5. The van der Waals surface area contributed by atoms with E-state index in [-0.39, 0.29) is 0 Å². The fourth-order valence-corrected chi connectivity index (χ4v) is 3.45. The second-order valence-electron chi connectivity index (χ2n) is 6.53. The first-order valence-electron chi connectivity index (χ1n) is 8.91. The molecule has 132 valence electrons. The molecular weight excluding hydrogens is 314 g/mol. The molecule has 0 amide bonds. The summed E-state index contributed by atoms with van der Waals surface area (Å²) < 4.78 is 7.88. The SMILES string of the molecule is Cc1nc(C)n(CC2CCCCN2CCOc2ccccc2C#N)n1. The maximum absolute atomic E-state index is 9.14. The van der Waals surface area contributed by atoms with Gasteiger partial charge in [-0.3, -0.25) is 4.90 Å². The Labute approximate surface area is 149 Å². The van der Waals surface area contributed by atoms with Gasteiger partial charge in [0.25, 0.3) is 0 Å². The highest BCUT2D eigenvalue weighted by molar-refractivity contribution is 5.42. The zero-order valence-electron chi connectivity index (χ0n) is 15.0. The number of benzene rings is 1. The van der Waals surface area contributed by atoms with E-state index in [9.17, 15) is 0 Å². The van der Waals surface area contributed by atoms with Gasteiger partial charge in [0, 0.05) is 12.6 Å². The molecule has 6 nitrogen and oxygen atoms in total. The maximum atomic E-state index is 9.14. The topological polar surface area (TPSA) is 67.0 Å². The van der Waals surface area contributed by atoms with E-state index in [0.29, 0.717) is 24.0 Å². The smallest absolute Gasteiger partial charge is 0.147 e. The minimum atomic E-state index is 0.461. The number of para-hydroxylation sites is 1. The molecule has 1 fully saturated rings. The lowest BCUT2D eigenvalue weighted by Crippen LogP contribution is -2.44. The first kappa shape index (κ1) is 17.4. The Bertz CT molecular complexity index is 749. The van der Waals surface area contributed by atoms with E-state index >= 15 is 0 Å². The summed E-state index contributed by atoms with van der Waals surface area (Å²) in [5, 5.41) is 13.6. The molecule has 1 aromatic carbocycles. The minimum absolute atomic E-state index is 0.461. The molecule has 0 spiro atoms. The van der Waals surface area contributed by atoms with Crippen LogP contribution in [0, 0.1) is 25.2 Å². The Morgan fingerprint density at radius 1 is 1.28 bits per heavy atom. The lowest BCUT2D eigenvalue weighted by atomic mass is 10.0. The van der Waals surface area contributed by atoms with Gasteiger partial charge < -0.3 is 4.74 Å². The van der Waals surface area contributed by atoms with Gasteiger partial charge in [0.1, 0.15) is 30.1 Å². The van der Waals surface area contributed by atoms with Gasteiger partial charge in [-0.2, -0.15) is 10.4 Å². The van der Waals surface area contributed by atoms with Crippen LogP contribution in [0.15, 0.2) is 24.3 Å². The van der Waals surface area contributed by atoms with E-state index in [1.165, 1.54) is 19.3 Å². The summed E-state index contributed by atoms with van der Waals surface area (Å²) in [4.78, 5) is 6.88. The van der Waals surface area contributed by atoms with Gasteiger partial charge in [-0.15, -0.1) is 0 Å². The molecule has 0 radical (unpaired) electrons. The van der Waals surface area contributed by atoms with Gasteiger partial charge in [-0.05, 0) is 45.4 Å². The molecule has 1 aromatic heterocycles. The lowest BCUT2D eigenvalue weighted by Gasteiger charge is -2.35. The van der Waals surface area contributed by atoms with Crippen LogP contribution in [0.3, 0.4) is 0 Å². The Hall–Kier alpha value is -2.39. The molecule has 0 N–H and O–H groups in total. The van der Waals surface area contributed by atoms with Crippen molar-refractivity contribution < 1.29 is 4.74 Å². The second kappa shape index (κ2) is 8.13. The van der Waals surface area contributed by atoms with Crippen LogP contribution < -0.4 is 4.74 Å². The zero-order chi connectivity index (χ0) is 17.6. The Morgan fingerprint density at radius 3 is 2.88 bits per heavy atom. The average molecular weight is 339 g/mol. The largest absolute Gasteiger partial charge is 0.491 e. The van der Waals surface area contributed by atoms with Crippen molar-refractivity contribution in [3.63, 3.8) is 0 Å². The fourth-order valence-electron chi connectivity index (χ4n) is 3.45. The third kappa shape index (κ3) is 4.37. The van der Waals surface area contributed by atoms with Gasteiger partial charge in [-0.25, -0.2) is 9.67 Å². The second-order valence-corrected chi connectivity index (χ2v) is 6.53. The standard InChI is InChI=1S/C19H25N5O/c1-15-21-16(2)24(22-15)14-18-8-5-6-10-23(18)11-12-25-19-9-4-3-7-17(19)13-20/h3-4,7,9,18H,5-6,8,10-12,14H2,1-2H3. The average Bonchev–Trinajstić information content (AvgIpc) is 2.94. The van der Waals surface area contributed by atoms with Crippen LogP contribution in [0.1, 0.15) is 36.5 Å². The van der Waals surface area contributed by atoms with E-state index in [2.05, 4.69) is 21.1 Å². The molecular formula is C19H25N5O. The first-order chi connectivity index (χ1) is 12.2. The number of aromatic nitrogens is 3. The van der Waals surface area contributed by atoms with Crippen LogP contribution in [-0.2, 0) is 6.54 Å². The maximum Gasteiger partial charge on any atom is 0.147 e. The molecule has 1 aliphatic heterocycles. The lowest BCUT2D eigenvalue weighted by molar-refractivity contribution is 0.108. The molecule has 0 aliphatic carbocycles. The fraction of sp³-hybridized carbons (Fsp3) is 0.526. The van der Waals surface area contributed by atoms with Crippen molar-refractivity contribution in [2.75, 3.05) is 19.7 Å². The van der Waals surface area contributed by atoms with Crippen molar-refractivity contribution in [1.29, 1.82) is 5.26 Å². The van der Waals surface area contributed by atoms with E-state index in [4.69, 9.17) is 10.00 Å². The highest BCUT2D eigenvalue weighted by Crippen LogP contribution is 2.20.